The van der Waals surface area contributed by atoms with Gasteiger partial charge in [0.2, 0.25) is 5.91 Å². The summed E-state index contributed by atoms with van der Waals surface area (Å²) in [6.07, 6.45) is 2.19. The number of aromatic amines is 1. The lowest BCUT2D eigenvalue weighted by Crippen LogP contribution is -2.40. The monoisotopic (exact) mass is 331 g/mol. The Morgan fingerprint density at radius 2 is 2.21 bits per heavy atom. The van der Waals surface area contributed by atoms with Crippen molar-refractivity contribution in [3.8, 4) is 5.75 Å². The van der Waals surface area contributed by atoms with Crippen LogP contribution in [0.1, 0.15) is 13.3 Å². The van der Waals surface area contributed by atoms with E-state index in [0.717, 1.165) is 42.7 Å². The van der Waals surface area contributed by atoms with Crippen molar-refractivity contribution in [3.63, 3.8) is 0 Å². The number of aliphatic hydroxyl groups is 1. The normalized spacial score (nSPS) is 17.9. The molecule has 0 spiro atoms. The van der Waals surface area contributed by atoms with E-state index in [-0.39, 0.29) is 12.5 Å². The van der Waals surface area contributed by atoms with Gasteiger partial charge in [-0.2, -0.15) is 0 Å². The van der Waals surface area contributed by atoms with Crippen molar-refractivity contribution in [3.05, 3.63) is 30.5 Å². The summed E-state index contributed by atoms with van der Waals surface area (Å²) < 4.78 is 5.79. The second kappa shape index (κ2) is 7.68. The molecule has 0 unspecified atom stereocenters. The number of aromatic nitrogens is 1. The van der Waals surface area contributed by atoms with E-state index in [1.807, 2.05) is 47.2 Å². The van der Waals surface area contributed by atoms with Crippen molar-refractivity contribution in [2.75, 3.05) is 39.3 Å². The van der Waals surface area contributed by atoms with Gasteiger partial charge in [-0.1, -0.05) is 6.07 Å². The largest absolute Gasteiger partial charge is 0.490 e. The van der Waals surface area contributed by atoms with Crippen molar-refractivity contribution in [2.45, 2.75) is 19.4 Å². The number of likely N-dealkylation sites (N-methyl/N-ethyl adjacent to an activating group) is 1. The van der Waals surface area contributed by atoms with Crippen molar-refractivity contribution in [1.29, 1.82) is 0 Å². The number of hydrogen-bond acceptors (Lipinski definition) is 4. The first-order valence-electron chi connectivity index (χ1n) is 8.54. The van der Waals surface area contributed by atoms with Gasteiger partial charge in [0.25, 0.3) is 0 Å². The minimum Gasteiger partial charge on any atom is -0.490 e. The molecule has 1 aromatic heterocycles. The number of carbonyl (C=O) groups is 1. The molecule has 0 aliphatic carbocycles. The summed E-state index contributed by atoms with van der Waals surface area (Å²) in [5, 5.41) is 11.3. The highest BCUT2D eigenvalue weighted by molar-refractivity contribution is 5.85. The Kier molecular flexibility index (Phi) is 5.37. The van der Waals surface area contributed by atoms with E-state index < -0.39 is 6.10 Å². The zero-order valence-electron chi connectivity index (χ0n) is 14.1. The van der Waals surface area contributed by atoms with Crippen LogP contribution in [0.5, 0.6) is 5.75 Å². The number of aliphatic hydroxyl groups excluding tert-OH is 1. The Labute approximate surface area is 142 Å². The molecule has 1 aromatic carbocycles. The fourth-order valence-corrected chi connectivity index (χ4v) is 3.19. The third-order valence-corrected chi connectivity index (χ3v) is 4.45. The molecule has 1 atom stereocenters. The summed E-state index contributed by atoms with van der Waals surface area (Å²) in [5.41, 5.74) is 1.01. The molecule has 1 fully saturated rings. The van der Waals surface area contributed by atoms with E-state index in [1.54, 1.807) is 0 Å². The fraction of sp³-hybridized carbons (Fsp3) is 0.500. The molecule has 2 N–H and O–H groups in total. The Morgan fingerprint density at radius 1 is 1.33 bits per heavy atom. The first kappa shape index (κ1) is 16.8. The molecule has 1 aliphatic rings. The molecule has 0 radical (unpaired) electrons. The number of benzene rings is 1. The van der Waals surface area contributed by atoms with Crippen molar-refractivity contribution >= 4 is 16.8 Å². The van der Waals surface area contributed by atoms with Crippen molar-refractivity contribution in [1.82, 2.24) is 14.8 Å². The SMILES string of the molecule is CCN1CCCN(C[C@@H](O)COc2cccc3[nH]ccc23)CC1=O. The van der Waals surface area contributed by atoms with Gasteiger partial charge in [0.15, 0.2) is 0 Å². The predicted octanol–water partition coefficient (Wildman–Crippen LogP) is 1.46. The summed E-state index contributed by atoms with van der Waals surface area (Å²) in [4.78, 5) is 19.1. The zero-order valence-corrected chi connectivity index (χ0v) is 14.1. The summed E-state index contributed by atoms with van der Waals surface area (Å²) >= 11 is 0. The lowest BCUT2D eigenvalue weighted by molar-refractivity contribution is -0.131. The second-order valence-corrected chi connectivity index (χ2v) is 6.22. The van der Waals surface area contributed by atoms with Crippen LogP contribution in [0.3, 0.4) is 0 Å². The number of nitrogens with zero attached hydrogens (tertiary/aromatic N) is 2. The predicted molar refractivity (Wildman–Crippen MR) is 93.1 cm³/mol. The third-order valence-electron chi connectivity index (χ3n) is 4.45. The Bertz CT molecular complexity index is 685. The minimum atomic E-state index is -0.625. The highest BCUT2D eigenvalue weighted by Crippen LogP contribution is 2.24. The standard InChI is InChI=1S/C18H25N3O3/c1-2-21-10-4-9-20(12-18(21)23)11-14(22)13-24-17-6-3-5-16-15(17)7-8-19-16/h3,5-8,14,19,22H,2,4,9-13H2,1H3/t14-/m1/s1. The molecule has 3 rings (SSSR count). The summed E-state index contributed by atoms with van der Waals surface area (Å²) in [5.74, 6) is 0.900. The van der Waals surface area contributed by atoms with Gasteiger partial charge in [0, 0.05) is 43.3 Å². The lowest BCUT2D eigenvalue weighted by Gasteiger charge is -2.23. The van der Waals surface area contributed by atoms with Crippen molar-refractivity contribution in [2.24, 2.45) is 0 Å². The highest BCUT2D eigenvalue weighted by Gasteiger charge is 2.22. The quantitative estimate of drug-likeness (QED) is 0.841. The number of ether oxygens (including phenoxy) is 1. The lowest BCUT2D eigenvalue weighted by atomic mass is 10.2. The Balaban J connectivity index is 1.53. The molecular weight excluding hydrogens is 306 g/mol. The Hall–Kier alpha value is -2.05. The molecule has 1 saturated heterocycles. The maximum atomic E-state index is 12.1. The molecule has 6 nitrogen and oxygen atoms in total. The maximum absolute atomic E-state index is 12.1. The third kappa shape index (κ3) is 3.88. The second-order valence-electron chi connectivity index (χ2n) is 6.22. The van der Waals surface area contributed by atoms with Crippen LogP contribution in [0.4, 0.5) is 0 Å². The van der Waals surface area contributed by atoms with Gasteiger partial charge < -0.3 is 19.7 Å². The molecule has 0 saturated carbocycles. The van der Waals surface area contributed by atoms with Gasteiger partial charge in [-0.15, -0.1) is 0 Å². The topological polar surface area (TPSA) is 68.8 Å². The van der Waals surface area contributed by atoms with Crippen LogP contribution in [0.2, 0.25) is 0 Å². The number of hydrogen-bond donors (Lipinski definition) is 2. The molecule has 1 amide bonds. The molecule has 2 aromatic rings. The first-order valence-corrected chi connectivity index (χ1v) is 8.54. The van der Waals surface area contributed by atoms with Crippen LogP contribution in [0, 0.1) is 0 Å². The van der Waals surface area contributed by atoms with Crippen LogP contribution in [-0.2, 0) is 4.79 Å². The number of rotatable bonds is 6. The summed E-state index contributed by atoms with van der Waals surface area (Å²) in [7, 11) is 0. The van der Waals surface area contributed by atoms with Crippen LogP contribution in [0.15, 0.2) is 30.5 Å². The number of carbonyl (C=O) groups excluding carboxylic acids is 1. The van der Waals surface area contributed by atoms with Gasteiger partial charge in [0.05, 0.1) is 6.54 Å². The molecule has 24 heavy (non-hydrogen) atoms. The van der Waals surface area contributed by atoms with E-state index in [1.165, 1.54) is 0 Å². The van der Waals surface area contributed by atoms with E-state index in [2.05, 4.69) is 4.98 Å². The average molecular weight is 331 g/mol. The smallest absolute Gasteiger partial charge is 0.236 e. The number of nitrogens with one attached hydrogen (secondary N) is 1. The van der Waals surface area contributed by atoms with Crippen LogP contribution < -0.4 is 4.74 Å². The zero-order chi connectivity index (χ0) is 16.9. The van der Waals surface area contributed by atoms with Gasteiger partial charge >= 0.3 is 0 Å². The highest BCUT2D eigenvalue weighted by atomic mass is 16.5. The maximum Gasteiger partial charge on any atom is 0.236 e. The molecule has 6 heteroatoms. The number of fused-ring (bicyclic) bond motifs is 1. The summed E-state index contributed by atoms with van der Waals surface area (Å²) in [6, 6.07) is 7.77. The van der Waals surface area contributed by atoms with Crippen LogP contribution in [0.25, 0.3) is 10.9 Å². The summed E-state index contributed by atoms with van der Waals surface area (Å²) in [6.45, 7) is 5.41. The van der Waals surface area contributed by atoms with Gasteiger partial charge in [-0.3, -0.25) is 9.69 Å². The first-order chi connectivity index (χ1) is 11.7. The minimum absolute atomic E-state index is 0.139. The Morgan fingerprint density at radius 3 is 3.04 bits per heavy atom. The number of H-pyrrole nitrogens is 1. The molecule has 0 bridgehead atoms. The number of β-amino-alcohol motifs (C(OH)–C–C–N with tert-alkyl or cyclic N) is 1. The molecular formula is C18H25N3O3. The van der Waals surface area contributed by atoms with Crippen LogP contribution in [-0.4, -0.2) is 71.2 Å². The fourth-order valence-electron chi connectivity index (χ4n) is 3.19. The molecule has 1 aliphatic heterocycles. The van der Waals surface area contributed by atoms with Crippen molar-refractivity contribution < 1.29 is 14.6 Å². The van der Waals surface area contributed by atoms with E-state index in [0.29, 0.717) is 13.1 Å². The average Bonchev–Trinajstić information content (AvgIpc) is 2.98. The number of amides is 1. The van der Waals surface area contributed by atoms with E-state index in [4.69, 9.17) is 4.74 Å². The van der Waals surface area contributed by atoms with Crippen LogP contribution >= 0.6 is 0 Å². The van der Waals surface area contributed by atoms with Gasteiger partial charge in [-0.25, -0.2) is 0 Å². The van der Waals surface area contributed by atoms with E-state index in [9.17, 15) is 9.90 Å². The van der Waals surface area contributed by atoms with Gasteiger partial charge in [-0.05, 0) is 31.5 Å². The molecule has 2 heterocycles. The molecule has 130 valence electrons. The van der Waals surface area contributed by atoms with Gasteiger partial charge in [0.1, 0.15) is 18.5 Å². The van der Waals surface area contributed by atoms with E-state index >= 15 is 0 Å².